The summed E-state index contributed by atoms with van der Waals surface area (Å²) in [6, 6.07) is 4.83. The zero-order valence-electron chi connectivity index (χ0n) is 27.8. The molecule has 238 valence electrons. The second-order valence-corrected chi connectivity index (χ2v) is 12.4. The molecule has 0 aromatic heterocycles. The van der Waals surface area contributed by atoms with Gasteiger partial charge in [0.2, 0.25) is 23.6 Å². The van der Waals surface area contributed by atoms with Crippen LogP contribution in [0.2, 0.25) is 0 Å². The molecule has 10 heteroatoms. The van der Waals surface area contributed by atoms with Crippen molar-refractivity contribution in [3.63, 3.8) is 0 Å². The highest BCUT2D eigenvalue weighted by atomic mass is 16.5. The Kier molecular flexibility index (Phi) is 15.0. The minimum absolute atomic E-state index is 0.0307. The fraction of sp³-hybridized carbons (Fsp3) is 0.688. The lowest BCUT2D eigenvalue weighted by Gasteiger charge is -2.39. The molecule has 0 fully saturated rings. The van der Waals surface area contributed by atoms with Crippen LogP contribution in [0.25, 0.3) is 0 Å². The van der Waals surface area contributed by atoms with Crippen molar-refractivity contribution >= 4 is 23.6 Å². The van der Waals surface area contributed by atoms with E-state index in [0.29, 0.717) is 13.0 Å². The number of amides is 4. The Bertz CT molecular complexity index is 1040. The van der Waals surface area contributed by atoms with Crippen molar-refractivity contribution in [1.29, 1.82) is 0 Å². The fourth-order valence-corrected chi connectivity index (χ4v) is 5.38. The van der Waals surface area contributed by atoms with Crippen LogP contribution in [0.1, 0.15) is 61.0 Å². The van der Waals surface area contributed by atoms with Crippen LogP contribution in [0.4, 0.5) is 0 Å². The Morgan fingerprint density at radius 1 is 0.738 bits per heavy atom. The first-order chi connectivity index (χ1) is 19.6. The van der Waals surface area contributed by atoms with Crippen LogP contribution >= 0.6 is 0 Å². The van der Waals surface area contributed by atoms with Gasteiger partial charge in [-0.05, 0) is 48.8 Å². The average molecular weight is 590 g/mol. The molecule has 3 N–H and O–H groups in total. The molecule has 4 amide bonds. The summed E-state index contributed by atoms with van der Waals surface area (Å²) in [4.78, 5) is 57.0. The summed E-state index contributed by atoms with van der Waals surface area (Å²) in [7, 11) is 6.53. The molecular weight excluding hydrogens is 534 g/mol. The van der Waals surface area contributed by atoms with E-state index >= 15 is 0 Å². The summed E-state index contributed by atoms with van der Waals surface area (Å²) in [5, 5.41) is 8.89. The molecule has 0 unspecified atom stereocenters. The number of methoxy groups -OCH3 is 1. The van der Waals surface area contributed by atoms with E-state index in [1.54, 1.807) is 28.3 Å². The van der Waals surface area contributed by atoms with Crippen molar-refractivity contribution in [2.24, 2.45) is 23.7 Å². The second kappa shape index (κ2) is 17.1. The average Bonchev–Trinajstić information content (AvgIpc) is 2.91. The molecule has 4 atom stereocenters. The van der Waals surface area contributed by atoms with Crippen molar-refractivity contribution in [2.75, 3.05) is 34.8 Å². The number of carbonyl (C=O) groups excluding carboxylic acids is 4. The molecule has 1 rings (SSSR count). The number of ether oxygens (including phenoxy) is 1. The number of hydrogen-bond donors (Lipinski definition) is 3. The number of nitrogens with one attached hydrogen (secondary N) is 3. The summed E-state index contributed by atoms with van der Waals surface area (Å²) in [6.45, 7) is 15.5. The van der Waals surface area contributed by atoms with Crippen LogP contribution in [0, 0.1) is 23.7 Å². The van der Waals surface area contributed by atoms with E-state index < -0.39 is 24.2 Å². The standard InChI is InChI=1S/C32H55N5O5/c1-19(2)25(33-9)29(38)35-26(20(3)4)31(40)37(11)28(22(7)8)32(41)36(10)27(21(5)6)30(39)34-18-17-23-15-13-14-16-24(23)42-12/h13-16,19-22,25-28,33H,17-18H2,1-12H3,(H,34,39)(H,35,38)/t25-,26-,27-,28-/m0/s1. The number of nitrogens with zero attached hydrogens (tertiary/aromatic N) is 2. The van der Waals surface area contributed by atoms with E-state index in [-0.39, 0.29) is 47.3 Å². The van der Waals surface area contributed by atoms with Gasteiger partial charge < -0.3 is 30.5 Å². The lowest BCUT2D eigenvalue weighted by molar-refractivity contribution is -0.151. The molecule has 0 aliphatic carbocycles. The minimum Gasteiger partial charge on any atom is -0.496 e. The van der Waals surface area contributed by atoms with Gasteiger partial charge in [0, 0.05) is 20.6 Å². The predicted octanol–water partition coefficient (Wildman–Crippen LogP) is 2.70. The fourth-order valence-electron chi connectivity index (χ4n) is 5.38. The van der Waals surface area contributed by atoms with Gasteiger partial charge in [0.05, 0.1) is 13.2 Å². The molecule has 0 radical (unpaired) electrons. The maximum atomic E-state index is 14.0. The molecule has 0 aliphatic rings. The van der Waals surface area contributed by atoms with Gasteiger partial charge in [-0.2, -0.15) is 0 Å². The zero-order valence-corrected chi connectivity index (χ0v) is 27.8. The lowest BCUT2D eigenvalue weighted by Crippen LogP contribution is -2.61. The Morgan fingerprint density at radius 3 is 1.74 bits per heavy atom. The van der Waals surface area contributed by atoms with Gasteiger partial charge in [-0.15, -0.1) is 0 Å². The first-order valence-electron chi connectivity index (χ1n) is 15.0. The molecular formula is C32H55N5O5. The number of para-hydroxylation sites is 1. The maximum absolute atomic E-state index is 14.0. The van der Waals surface area contributed by atoms with Gasteiger partial charge in [-0.25, -0.2) is 0 Å². The van der Waals surface area contributed by atoms with Gasteiger partial charge >= 0.3 is 0 Å². The molecule has 1 aromatic rings. The van der Waals surface area contributed by atoms with Crippen LogP contribution in [-0.2, 0) is 25.6 Å². The third-order valence-electron chi connectivity index (χ3n) is 7.69. The molecule has 0 aliphatic heterocycles. The van der Waals surface area contributed by atoms with E-state index in [1.165, 1.54) is 9.80 Å². The van der Waals surface area contributed by atoms with Crippen LogP contribution in [-0.4, -0.2) is 92.4 Å². The topological polar surface area (TPSA) is 120 Å². The van der Waals surface area contributed by atoms with Gasteiger partial charge in [0.25, 0.3) is 0 Å². The minimum atomic E-state index is -0.825. The number of likely N-dealkylation sites (N-methyl/N-ethyl adjacent to an activating group) is 3. The summed E-state index contributed by atoms with van der Waals surface area (Å²) >= 11 is 0. The number of carbonyl (C=O) groups is 4. The van der Waals surface area contributed by atoms with E-state index in [0.717, 1.165) is 11.3 Å². The molecule has 10 nitrogen and oxygen atoms in total. The third-order valence-corrected chi connectivity index (χ3v) is 7.69. The Hall–Kier alpha value is -3.14. The molecule has 0 saturated carbocycles. The van der Waals surface area contributed by atoms with Crippen LogP contribution in [0.3, 0.4) is 0 Å². The monoisotopic (exact) mass is 589 g/mol. The SMILES string of the molecule is CN[C@H](C(=O)N[C@H](C(=O)N(C)[C@H](C(=O)N(C)[C@H](C(=O)NCCc1ccccc1OC)C(C)C)C(C)C)C(C)C)C(C)C. The zero-order chi connectivity index (χ0) is 32.3. The summed E-state index contributed by atoms with van der Waals surface area (Å²) in [5.74, 6) is -1.02. The first kappa shape index (κ1) is 36.9. The van der Waals surface area contributed by atoms with E-state index in [2.05, 4.69) is 16.0 Å². The van der Waals surface area contributed by atoms with E-state index in [4.69, 9.17) is 4.74 Å². The Balaban J connectivity index is 3.12. The van der Waals surface area contributed by atoms with E-state index in [1.807, 2.05) is 79.7 Å². The normalized spacial score (nSPS) is 14.4. The van der Waals surface area contributed by atoms with Crippen molar-refractivity contribution in [3.05, 3.63) is 29.8 Å². The van der Waals surface area contributed by atoms with Gasteiger partial charge in [-0.3, -0.25) is 19.2 Å². The van der Waals surface area contributed by atoms with Gasteiger partial charge in [-0.1, -0.05) is 73.6 Å². The summed E-state index contributed by atoms with van der Waals surface area (Å²) < 4.78 is 5.40. The predicted molar refractivity (Wildman–Crippen MR) is 167 cm³/mol. The number of rotatable bonds is 16. The highest BCUT2D eigenvalue weighted by Crippen LogP contribution is 2.20. The maximum Gasteiger partial charge on any atom is 0.246 e. The van der Waals surface area contributed by atoms with Crippen LogP contribution in [0.15, 0.2) is 24.3 Å². The molecule has 0 bridgehead atoms. The van der Waals surface area contributed by atoms with E-state index in [9.17, 15) is 19.2 Å². The highest BCUT2D eigenvalue weighted by molar-refractivity contribution is 5.95. The smallest absolute Gasteiger partial charge is 0.246 e. The van der Waals surface area contributed by atoms with Gasteiger partial charge in [0.1, 0.15) is 23.9 Å². The molecule has 0 saturated heterocycles. The summed E-state index contributed by atoms with van der Waals surface area (Å²) in [6.07, 6.45) is 0.581. The first-order valence-corrected chi connectivity index (χ1v) is 15.0. The number of hydrogen-bond acceptors (Lipinski definition) is 6. The van der Waals surface area contributed by atoms with Gasteiger partial charge in [0.15, 0.2) is 0 Å². The number of benzene rings is 1. The third kappa shape index (κ3) is 9.71. The van der Waals surface area contributed by atoms with Crippen molar-refractivity contribution in [2.45, 2.75) is 86.0 Å². The summed E-state index contributed by atoms with van der Waals surface area (Å²) in [5.41, 5.74) is 0.979. The molecule has 0 heterocycles. The van der Waals surface area contributed by atoms with Crippen LogP contribution in [0.5, 0.6) is 5.75 Å². The van der Waals surface area contributed by atoms with Crippen molar-refractivity contribution < 1.29 is 23.9 Å². The molecule has 1 aromatic carbocycles. The highest BCUT2D eigenvalue weighted by Gasteiger charge is 2.40. The Morgan fingerprint density at radius 2 is 1.26 bits per heavy atom. The lowest BCUT2D eigenvalue weighted by atomic mass is 9.95. The van der Waals surface area contributed by atoms with Crippen LogP contribution < -0.4 is 20.7 Å². The quantitative estimate of drug-likeness (QED) is 0.273. The second-order valence-electron chi connectivity index (χ2n) is 12.4. The molecule has 42 heavy (non-hydrogen) atoms. The van der Waals surface area contributed by atoms with Crippen molar-refractivity contribution in [1.82, 2.24) is 25.8 Å². The molecule has 0 spiro atoms. The largest absolute Gasteiger partial charge is 0.496 e. The Labute approximate surface area is 253 Å². The van der Waals surface area contributed by atoms with Crippen molar-refractivity contribution in [3.8, 4) is 5.75 Å².